The summed E-state index contributed by atoms with van der Waals surface area (Å²) in [5.74, 6) is 3.08. The molecule has 2 fully saturated rings. The largest absolute Gasteiger partial charge is 0.497 e. The third-order valence-corrected chi connectivity index (χ3v) is 5.38. The summed E-state index contributed by atoms with van der Waals surface area (Å²) in [5.41, 5.74) is 0. The van der Waals surface area contributed by atoms with Crippen LogP contribution in [0.25, 0.3) is 0 Å². The lowest BCUT2D eigenvalue weighted by Gasteiger charge is -2.35. The number of aromatic nitrogens is 2. The van der Waals surface area contributed by atoms with Gasteiger partial charge in [0.05, 0.1) is 7.11 Å². The number of hydrogen-bond acceptors (Lipinski definition) is 7. The van der Waals surface area contributed by atoms with Gasteiger partial charge in [-0.2, -0.15) is 4.98 Å². The molecule has 0 unspecified atom stereocenters. The molecule has 1 amide bonds. The summed E-state index contributed by atoms with van der Waals surface area (Å²) in [7, 11) is 1.61. The Bertz CT molecular complexity index is 833. The van der Waals surface area contributed by atoms with Crippen LogP contribution in [0.3, 0.4) is 0 Å². The van der Waals surface area contributed by atoms with Gasteiger partial charge in [-0.05, 0) is 31.0 Å². The van der Waals surface area contributed by atoms with Gasteiger partial charge in [-0.3, -0.25) is 4.79 Å². The number of piperazine rings is 1. The molecule has 1 aromatic heterocycles. The molecule has 4 rings (SSSR count). The maximum Gasteiger partial charge on any atom is 0.260 e. The van der Waals surface area contributed by atoms with Crippen molar-refractivity contribution in [2.75, 3.05) is 62.8 Å². The van der Waals surface area contributed by atoms with Crippen molar-refractivity contribution in [3.05, 3.63) is 36.5 Å². The molecule has 0 bridgehead atoms. The highest BCUT2D eigenvalue weighted by atomic mass is 16.5. The number of methoxy groups -OCH3 is 1. The second-order valence-corrected chi connectivity index (χ2v) is 7.24. The molecule has 2 aliphatic rings. The number of anilines is 2. The number of carbonyl (C=O) groups excluding carboxylic acids is 1. The van der Waals surface area contributed by atoms with Crippen LogP contribution in [0.15, 0.2) is 36.5 Å². The van der Waals surface area contributed by atoms with Crippen LogP contribution in [-0.4, -0.2) is 73.8 Å². The molecule has 29 heavy (non-hydrogen) atoms. The highest BCUT2D eigenvalue weighted by molar-refractivity contribution is 5.78. The third kappa shape index (κ3) is 4.70. The Balaban J connectivity index is 1.28. The second kappa shape index (κ2) is 8.98. The fraction of sp³-hybridized carbons (Fsp3) is 0.476. The summed E-state index contributed by atoms with van der Waals surface area (Å²) >= 11 is 0. The average Bonchev–Trinajstić information content (AvgIpc) is 3.33. The average molecular weight is 397 g/mol. The van der Waals surface area contributed by atoms with Gasteiger partial charge in [0.1, 0.15) is 17.3 Å². The molecule has 2 aliphatic heterocycles. The van der Waals surface area contributed by atoms with Crippen LogP contribution in [0.5, 0.6) is 11.5 Å². The SMILES string of the molecule is COc1cccc(OCC(=O)N2CCN(c3ccnc(N4CCCC4)n3)CC2)c1. The Morgan fingerprint density at radius 2 is 1.76 bits per heavy atom. The van der Waals surface area contributed by atoms with Crippen molar-refractivity contribution >= 4 is 17.7 Å². The number of carbonyl (C=O) groups is 1. The monoisotopic (exact) mass is 397 g/mol. The van der Waals surface area contributed by atoms with E-state index in [1.807, 2.05) is 35.4 Å². The number of hydrogen-bond donors (Lipinski definition) is 0. The molecule has 0 N–H and O–H groups in total. The van der Waals surface area contributed by atoms with Crippen molar-refractivity contribution in [3.8, 4) is 11.5 Å². The highest BCUT2D eigenvalue weighted by Gasteiger charge is 2.23. The van der Waals surface area contributed by atoms with E-state index < -0.39 is 0 Å². The topological polar surface area (TPSA) is 71.0 Å². The molecule has 1 aromatic carbocycles. The summed E-state index contributed by atoms with van der Waals surface area (Å²) in [6.07, 6.45) is 4.23. The molecular weight excluding hydrogens is 370 g/mol. The molecule has 2 aromatic rings. The van der Waals surface area contributed by atoms with E-state index in [4.69, 9.17) is 14.5 Å². The predicted molar refractivity (Wildman–Crippen MR) is 111 cm³/mol. The first-order valence-electron chi connectivity index (χ1n) is 10.1. The molecule has 0 radical (unpaired) electrons. The molecule has 3 heterocycles. The molecule has 0 spiro atoms. The number of ether oxygens (including phenoxy) is 2. The number of nitrogens with zero attached hydrogens (tertiary/aromatic N) is 5. The van der Waals surface area contributed by atoms with E-state index >= 15 is 0 Å². The first-order chi connectivity index (χ1) is 14.2. The van der Waals surface area contributed by atoms with E-state index in [1.165, 1.54) is 12.8 Å². The maximum absolute atomic E-state index is 12.5. The van der Waals surface area contributed by atoms with E-state index in [9.17, 15) is 4.79 Å². The maximum atomic E-state index is 12.5. The number of benzene rings is 1. The predicted octanol–water partition coefficient (Wildman–Crippen LogP) is 1.81. The zero-order chi connectivity index (χ0) is 20.1. The lowest BCUT2D eigenvalue weighted by atomic mass is 10.3. The molecule has 2 saturated heterocycles. The smallest absolute Gasteiger partial charge is 0.260 e. The minimum atomic E-state index is -0.00656. The Morgan fingerprint density at radius 3 is 2.52 bits per heavy atom. The van der Waals surface area contributed by atoms with Crippen LogP contribution in [0.4, 0.5) is 11.8 Å². The zero-order valence-corrected chi connectivity index (χ0v) is 16.8. The first-order valence-corrected chi connectivity index (χ1v) is 10.1. The van der Waals surface area contributed by atoms with Crippen LogP contribution in [0, 0.1) is 0 Å². The standard InChI is InChI=1S/C21H27N5O3/c1-28-17-5-4-6-18(15-17)29-16-20(27)25-13-11-24(12-14-25)19-7-8-22-21(23-19)26-9-2-3-10-26/h4-8,15H,2-3,9-14,16H2,1H3. The van der Waals surface area contributed by atoms with Gasteiger partial charge < -0.3 is 24.2 Å². The van der Waals surface area contributed by atoms with Crippen LogP contribution in [0.2, 0.25) is 0 Å². The Labute approximate surface area is 171 Å². The molecular formula is C21H27N5O3. The van der Waals surface area contributed by atoms with E-state index in [0.29, 0.717) is 24.6 Å². The van der Waals surface area contributed by atoms with Crippen molar-refractivity contribution in [1.82, 2.24) is 14.9 Å². The first kappa shape index (κ1) is 19.3. The van der Waals surface area contributed by atoms with E-state index in [0.717, 1.165) is 37.9 Å². The van der Waals surface area contributed by atoms with Crippen LogP contribution >= 0.6 is 0 Å². The lowest BCUT2D eigenvalue weighted by Crippen LogP contribution is -2.50. The Kier molecular flexibility index (Phi) is 5.97. The van der Waals surface area contributed by atoms with Crippen molar-refractivity contribution in [3.63, 3.8) is 0 Å². The van der Waals surface area contributed by atoms with Crippen molar-refractivity contribution in [2.24, 2.45) is 0 Å². The van der Waals surface area contributed by atoms with Crippen LogP contribution in [-0.2, 0) is 4.79 Å². The Hall–Kier alpha value is -3.03. The second-order valence-electron chi connectivity index (χ2n) is 7.24. The van der Waals surface area contributed by atoms with Gasteiger partial charge in [0, 0.05) is 51.5 Å². The lowest BCUT2D eigenvalue weighted by molar-refractivity contribution is -0.133. The van der Waals surface area contributed by atoms with Gasteiger partial charge in [-0.25, -0.2) is 4.98 Å². The van der Waals surface area contributed by atoms with Gasteiger partial charge >= 0.3 is 0 Å². The fourth-order valence-corrected chi connectivity index (χ4v) is 3.70. The number of rotatable bonds is 6. The zero-order valence-electron chi connectivity index (χ0n) is 16.8. The summed E-state index contributed by atoms with van der Waals surface area (Å²) in [6.45, 7) is 4.90. The molecule has 0 atom stereocenters. The van der Waals surface area contributed by atoms with Gasteiger partial charge in [-0.1, -0.05) is 6.07 Å². The molecule has 154 valence electrons. The minimum Gasteiger partial charge on any atom is -0.497 e. The van der Waals surface area contributed by atoms with Crippen LogP contribution in [0.1, 0.15) is 12.8 Å². The highest BCUT2D eigenvalue weighted by Crippen LogP contribution is 2.21. The van der Waals surface area contributed by atoms with Crippen molar-refractivity contribution < 1.29 is 14.3 Å². The molecule has 8 heteroatoms. The Morgan fingerprint density at radius 1 is 1.00 bits per heavy atom. The molecule has 0 saturated carbocycles. The summed E-state index contributed by atoms with van der Waals surface area (Å²) in [6, 6.07) is 9.23. The summed E-state index contributed by atoms with van der Waals surface area (Å²) in [4.78, 5) is 28.0. The van der Waals surface area contributed by atoms with Gasteiger partial charge in [0.2, 0.25) is 5.95 Å². The van der Waals surface area contributed by atoms with Gasteiger partial charge in [-0.15, -0.1) is 0 Å². The molecule has 0 aliphatic carbocycles. The fourth-order valence-electron chi connectivity index (χ4n) is 3.70. The summed E-state index contributed by atoms with van der Waals surface area (Å²) in [5, 5.41) is 0. The summed E-state index contributed by atoms with van der Waals surface area (Å²) < 4.78 is 10.8. The van der Waals surface area contributed by atoms with Crippen molar-refractivity contribution in [2.45, 2.75) is 12.8 Å². The number of amides is 1. The van der Waals surface area contributed by atoms with Crippen LogP contribution < -0.4 is 19.3 Å². The van der Waals surface area contributed by atoms with Crippen molar-refractivity contribution in [1.29, 1.82) is 0 Å². The molecule has 8 nitrogen and oxygen atoms in total. The third-order valence-electron chi connectivity index (χ3n) is 5.38. The van der Waals surface area contributed by atoms with E-state index in [1.54, 1.807) is 13.2 Å². The quantitative estimate of drug-likeness (QED) is 0.736. The normalized spacial score (nSPS) is 16.8. The van der Waals surface area contributed by atoms with E-state index in [2.05, 4.69) is 14.8 Å². The van der Waals surface area contributed by atoms with Gasteiger partial charge in [0.15, 0.2) is 6.61 Å². The van der Waals surface area contributed by atoms with Gasteiger partial charge in [0.25, 0.3) is 5.91 Å². The van der Waals surface area contributed by atoms with E-state index in [-0.39, 0.29) is 12.5 Å². The minimum absolute atomic E-state index is 0.00656.